The average molecular weight is 279 g/mol. The lowest BCUT2D eigenvalue weighted by Gasteiger charge is -2.11. The predicted octanol–water partition coefficient (Wildman–Crippen LogP) is 3.20. The Hall–Kier alpha value is -1.39. The highest BCUT2D eigenvalue weighted by molar-refractivity contribution is 6.31. The van der Waals surface area contributed by atoms with Gasteiger partial charge in [-0.3, -0.25) is 0 Å². The number of halogens is 1. The van der Waals surface area contributed by atoms with Crippen LogP contribution in [0.4, 0.5) is 0 Å². The molecule has 1 aromatic heterocycles. The summed E-state index contributed by atoms with van der Waals surface area (Å²) in [6.45, 7) is 6.12. The zero-order valence-corrected chi connectivity index (χ0v) is 12.3. The number of rotatable bonds is 4. The van der Waals surface area contributed by atoms with Gasteiger partial charge in [-0.25, -0.2) is 4.68 Å². The van der Waals surface area contributed by atoms with Gasteiger partial charge in [0.1, 0.15) is 5.69 Å². The van der Waals surface area contributed by atoms with Crippen molar-refractivity contribution in [3.63, 3.8) is 0 Å². The zero-order chi connectivity index (χ0) is 14.0. The molecule has 19 heavy (non-hydrogen) atoms. The number of benzene rings is 1. The molecule has 102 valence electrons. The van der Waals surface area contributed by atoms with Gasteiger partial charge in [-0.2, -0.15) is 0 Å². The van der Waals surface area contributed by atoms with Gasteiger partial charge in [0, 0.05) is 5.02 Å². The van der Waals surface area contributed by atoms with Crippen molar-refractivity contribution in [2.75, 3.05) is 0 Å². The Morgan fingerprint density at radius 1 is 1.37 bits per heavy atom. The summed E-state index contributed by atoms with van der Waals surface area (Å²) in [4.78, 5) is 0. The third-order valence-corrected chi connectivity index (χ3v) is 3.80. The molecule has 4 nitrogen and oxygen atoms in total. The summed E-state index contributed by atoms with van der Waals surface area (Å²) in [5, 5.41) is 9.24. The first-order chi connectivity index (χ1) is 9.10. The van der Waals surface area contributed by atoms with Gasteiger partial charge >= 0.3 is 0 Å². The molecule has 1 atom stereocenters. The maximum atomic E-state index is 6.17. The van der Waals surface area contributed by atoms with Crippen molar-refractivity contribution >= 4 is 11.6 Å². The van der Waals surface area contributed by atoms with E-state index in [1.807, 2.05) is 36.7 Å². The summed E-state index contributed by atoms with van der Waals surface area (Å²) < 4.78 is 1.85. The van der Waals surface area contributed by atoms with Crippen LogP contribution in [0.3, 0.4) is 0 Å². The Morgan fingerprint density at radius 2 is 2.11 bits per heavy atom. The topological polar surface area (TPSA) is 56.7 Å². The second kappa shape index (κ2) is 5.72. The van der Waals surface area contributed by atoms with Crippen molar-refractivity contribution in [1.29, 1.82) is 0 Å². The van der Waals surface area contributed by atoms with E-state index in [4.69, 9.17) is 17.3 Å². The van der Waals surface area contributed by atoms with Crippen molar-refractivity contribution in [3.8, 4) is 5.69 Å². The average Bonchev–Trinajstić information content (AvgIpc) is 2.84. The third-order valence-electron chi connectivity index (χ3n) is 3.39. The Balaban J connectivity index is 2.57. The molecule has 2 aromatic rings. The SMILES string of the molecule is CCc1c(C(N)CC)nnn1-c1cccc(Cl)c1C. The van der Waals surface area contributed by atoms with Crippen LogP contribution in [0, 0.1) is 6.92 Å². The number of hydrogen-bond acceptors (Lipinski definition) is 3. The number of aromatic nitrogens is 3. The van der Waals surface area contributed by atoms with Crippen LogP contribution in [-0.2, 0) is 6.42 Å². The van der Waals surface area contributed by atoms with E-state index < -0.39 is 0 Å². The monoisotopic (exact) mass is 278 g/mol. The van der Waals surface area contributed by atoms with Crippen LogP contribution in [-0.4, -0.2) is 15.0 Å². The van der Waals surface area contributed by atoms with Gasteiger partial charge in [-0.05, 0) is 37.5 Å². The van der Waals surface area contributed by atoms with Gasteiger partial charge in [0.15, 0.2) is 0 Å². The fraction of sp³-hybridized carbons (Fsp3) is 0.429. The largest absolute Gasteiger partial charge is 0.323 e. The highest BCUT2D eigenvalue weighted by Crippen LogP contribution is 2.25. The summed E-state index contributed by atoms with van der Waals surface area (Å²) >= 11 is 6.17. The first-order valence-electron chi connectivity index (χ1n) is 6.55. The molecule has 1 unspecified atom stereocenters. The molecule has 0 radical (unpaired) electrons. The van der Waals surface area contributed by atoms with E-state index in [0.29, 0.717) is 0 Å². The molecule has 0 spiro atoms. The standard InChI is InChI=1S/C14H19ClN4/c1-4-11(16)14-12(5-2)19(18-17-14)13-8-6-7-10(15)9(13)3/h6-8,11H,4-5,16H2,1-3H3. The van der Waals surface area contributed by atoms with Crippen LogP contribution < -0.4 is 5.73 Å². The molecule has 0 aliphatic rings. The molecular formula is C14H19ClN4. The molecule has 0 bridgehead atoms. The van der Waals surface area contributed by atoms with E-state index in [0.717, 1.165) is 40.5 Å². The van der Waals surface area contributed by atoms with Crippen molar-refractivity contribution in [2.24, 2.45) is 5.73 Å². The fourth-order valence-electron chi connectivity index (χ4n) is 2.14. The maximum Gasteiger partial charge on any atom is 0.103 e. The minimum atomic E-state index is -0.0665. The molecule has 0 fully saturated rings. The van der Waals surface area contributed by atoms with E-state index >= 15 is 0 Å². The molecule has 0 aliphatic heterocycles. The van der Waals surface area contributed by atoms with Crippen LogP contribution in [0.2, 0.25) is 5.02 Å². The van der Waals surface area contributed by atoms with Gasteiger partial charge < -0.3 is 5.73 Å². The summed E-state index contributed by atoms with van der Waals surface area (Å²) in [6, 6.07) is 5.73. The fourth-order valence-corrected chi connectivity index (χ4v) is 2.31. The second-order valence-corrected chi connectivity index (χ2v) is 4.99. The Morgan fingerprint density at radius 3 is 2.74 bits per heavy atom. The Kier molecular flexibility index (Phi) is 4.22. The van der Waals surface area contributed by atoms with Gasteiger partial charge in [0.2, 0.25) is 0 Å². The zero-order valence-electron chi connectivity index (χ0n) is 11.5. The van der Waals surface area contributed by atoms with Gasteiger partial charge in [0.25, 0.3) is 0 Å². The normalized spacial score (nSPS) is 12.7. The highest BCUT2D eigenvalue weighted by atomic mass is 35.5. The lowest BCUT2D eigenvalue weighted by Crippen LogP contribution is -2.12. The molecule has 2 rings (SSSR count). The minimum Gasteiger partial charge on any atom is -0.323 e. The van der Waals surface area contributed by atoms with E-state index in [2.05, 4.69) is 17.2 Å². The van der Waals surface area contributed by atoms with Gasteiger partial charge in [-0.1, -0.05) is 36.7 Å². The quantitative estimate of drug-likeness (QED) is 0.934. The Labute approximate surface area is 118 Å². The Bertz CT molecular complexity index is 577. The first kappa shape index (κ1) is 14.0. The summed E-state index contributed by atoms with van der Waals surface area (Å²) in [6.07, 6.45) is 1.68. The summed E-state index contributed by atoms with van der Waals surface area (Å²) in [5.41, 5.74) is 9.99. The van der Waals surface area contributed by atoms with Crippen LogP contribution in [0.25, 0.3) is 5.69 Å². The third kappa shape index (κ3) is 2.51. The van der Waals surface area contributed by atoms with Gasteiger partial charge in [0.05, 0.1) is 17.4 Å². The number of nitrogens with zero attached hydrogens (tertiary/aromatic N) is 3. The van der Waals surface area contributed by atoms with Crippen molar-refractivity contribution in [2.45, 2.75) is 39.7 Å². The summed E-state index contributed by atoms with van der Waals surface area (Å²) in [7, 11) is 0. The molecule has 0 amide bonds. The lowest BCUT2D eigenvalue weighted by molar-refractivity contribution is 0.665. The van der Waals surface area contributed by atoms with Crippen LogP contribution in [0.5, 0.6) is 0 Å². The molecule has 0 saturated heterocycles. The van der Waals surface area contributed by atoms with Crippen molar-refractivity contribution < 1.29 is 0 Å². The van der Waals surface area contributed by atoms with E-state index in [-0.39, 0.29) is 6.04 Å². The first-order valence-corrected chi connectivity index (χ1v) is 6.93. The van der Waals surface area contributed by atoms with Crippen molar-refractivity contribution in [1.82, 2.24) is 15.0 Å². The van der Waals surface area contributed by atoms with Crippen LogP contribution in [0.1, 0.15) is 43.3 Å². The smallest absolute Gasteiger partial charge is 0.103 e. The van der Waals surface area contributed by atoms with Gasteiger partial charge in [-0.15, -0.1) is 5.10 Å². The second-order valence-electron chi connectivity index (χ2n) is 4.59. The van der Waals surface area contributed by atoms with E-state index in [1.165, 1.54) is 0 Å². The van der Waals surface area contributed by atoms with Crippen molar-refractivity contribution in [3.05, 3.63) is 40.2 Å². The number of nitrogens with two attached hydrogens (primary N) is 1. The minimum absolute atomic E-state index is 0.0665. The maximum absolute atomic E-state index is 6.17. The molecule has 0 aliphatic carbocycles. The molecule has 1 heterocycles. The molecule has 1 aromatic carbocycles. The molecule has 0 saturated carbocycles. The van der Waals surface area contributed by atoms with Crippen LogP contribution in [0.15, 0.2) is 18.2 Å². The lowest BCUT2D eigenvalue weighted by atomic mass is 10.1. The van der Waals surface area contributed by atoms with Crippen LogP contribution >= 0.6 is 11.6 Å². The molecule has 5 heteroatoms. The molecular weight excluding hydrogens is 260 g/mol. The number of hydrogen-bond donors (Lipinski definition) is 1. The predicted molar refractivity (Wildman–Crippen MR) is 77.7 cm³/mol. The van der Waals surface area contributed by atoms with E-state index in [1.54, 1.807) is 0 Å². The summed E-state index contributed by atoms with van der Waals surface area (Å²) in [5.74, 6) is 0. The highest BCUT2D eigenvalue weighted by Gasteiger charge is 2.18. The molecule has 2 N–H and O–H groups in total. The van der Waals surface area contributed by atoms with E-state index in [9.17, 15) is 0 Å².